The Balaban J connectivity index is 1.33. The Morgan fingerprint density at radius 3 is 2.81 bits per heavy atom. The summed E-state index contributed by atoms with van der Waals surface area (Å²) in [5, 5.41) is 14.4. The second kappa shape index (κ2) is 13.8. The predicted octanol–water partition coefficient (Wildman–Crippen LogP) is 4.80. The van der Waals surface area contributed by atoms with Crippen LogP contribution in [0.3, 0.4) is 0 Å². The van der Waals surface area contributed by atoms with Gasteiger partial charge in [-0.3, -0.25) is 9.98 Å². The summed E-state index contributed by atoms with van der Waals surface area (Å²) in [5.74, 6) is -0.662. The summed E-state index contributed by atoms with van der Waals surface area (Å²) in [7, 11) is 0. The monoisotopic (exact) mass is 611 g/mol. The van der Waals surface area contributed by atoms with E-state index in [0.29, 0.717) is 54.2 Å². The molecule has 2 aromatic heterocycles. The molecule has 3 heterocycles. The number of aromatic nitrogens is 3. The van der Waals surface area contributed by atoms with Crippen LogP contribution in [-0.4, -0.2) is 58.9 Å². The largest absolute Gasteiger partial charge is 0.378 e. The molecule has 1 aliphatic rings. The minimum absolute atomic E-state index is 0.0396. The zero-order valence-electron chi connectivity index (χ0n) is 23.9. The maximum atomic E-state index is 15.1. The van der Waals surface area contributed by atoms with Gasteiger partial charge >= 0.3 is 5.69 Å². The fourth-order valence-electron chi connectivity index (χ4n) is 5.32. The van der Waals surface area contributed by atoms with Crippen molar-refractivity contribution in [2.24, 2.45) is 5.73 Å². The maximum absolute atomic E-state index is 15.1. The van der Waals surface area contributed by atoms with Gasteiger partial charge in [-0.25, -0.2) is 13.6 Å². The van der Waals surface area contributed by atoms with Crippen LogP contribution in [0.1, 0.15) is 43.4 Å². The second-order valence-corrected chi connectivity index (χ2v) is 11.5. The van der Waals surface area contributed by atoms with E-state index in [1.165, 1.54) is 4.57 Å². The number of hydrogen-bond acceptors (Lipinski definition) is 6. The molecule has 12 heteroatoms. The number of fused-ring (bicyclic) bond motifs is 1. The summed E-state index contributed by atoms with van der Waals surface area (Å²) >= 11 is 6.24. The number of morpholine rings is 1. The second-order valence-electron chi connectivity index (χ2n) is 11.1. The zero-order chi connectivity index (χ0) is 30.5. The lowest BCUT2D eigenvalue weighted by molar-refractivity contribution is 0.0431. The fraction of sp³-hybridized carbons (Fsp3) is 0.387. The van der Waals surface area contributed by atoms with E-state index in [9.17, 15) is 9.18 Å². The minimum Gasteiger partial charge on any atom is -0.378 e. The highest BCUT2D eigenvalue weighted by Crippen LogP contribution is 2.31. The van der Waals surface area contributed by atoms with Gasteiger partial charge in [-0.1, -0.05) is 23.7 Å². The SMILES string of the molecule is C[C@H](N)CCCc1cc(Cl)c(F)c(-c2cc3cn(-c4ccc([C@@H]5COC[C@@H](CCNC(=N)CF)N5)cc4)c(=O)nc3[nH]2)c1. The molecule has 2 aromatic carbocycles. The summed E-state index contributed by atoms with van der Waals surface area (Å²) in [4.78, 5) is 20.3. The third kappa shape index (κ3) is 7.48. The number of alkyl halides is 1. The standard InChI is InChI=1S/C31H36ClF2N7O2/c1-18(35)3-2-4-19-11-24(29(34)25(32)12-19)26-13-21-15-41(31(42)40-30(21)39-26)23-7-5-20(6-8-23)27-17-43-16-22(38-27)9-10-37-28(36)14-33/h5-8,11-13,15,18,22,27,38H,2-4,9-10,14,16-17,35H2,1H3,(H2,36,37)(H,39,40,42)/t18-,22+,27-/m0/s1. The van der Waals surface area contributed by atoms with E-state index in [4.69, 9.17) is 27.5 Å². The molecule has 1 aliphatic heterocycles. The molecule has 0 bridgehead atoms. The van der Waals surface area contributed by atoms with Crippen molar-refractivity contribution >= 4 is 28.5 Å². The average molecular weight is 612 g/mol. The Labute approximate surface area is 253 Å². The third-order valence-electron chi connectivity index (χ3n) is 7.59. The molecule has 0 amide bonds. The van der Waals surface area contributed by atoms with E-state index in [2.05, 4.69) is 20.6 Å². The van der Waals surface area contributed by atoms with E-state index >= 15 is 4.39 Å². The van der Waals surface area contributed by atoms with Crippen LogP contribution < -0.4 is 22.1 Å². The Kier molecular flexibility index (Phi) is 9.86. The fourth-order valence-corrected chi connectivity index (χ4v) is 5.56. The zero-order valence-corrected chi connectivity index (χ0v) is 24.7. The number of halogens is 3. The molecule has 9 nitrogen and oxygen atoms in total. The number of amidine groups is 1. The summed E-state index contributed by atoms with van der Waals surface area (Å²) in [6.45, 7) is 2.66. The van der Waals surface area contributed by atoms with Gasteiger partial charge in [-0.2, -0.15) is 4.98 Å². The number of nitrogens with zero attached hydrogens (tertiary/aromatic N) is 2. The van der Waals surface area contributed by atoms with E-state index in [1.54, 1.807) is 24.4 Å². The number of aryl methyl sites for hydroxylation is 1. The number of H-pyrrole nitrogens is 1. The van der Waals surface area contributed by atoms with Crippen molar-refractivity contribution in [3.63, 3.8) is 0 Å². The molecule has 0 spiro atoms. The number of hydrogen-bond donors (Lipinski definition) is 5. The molecule has 0 unspecified atom stereocenters. The van der Waals surface area contributed by atoms with Gasteiger partial charge in [0.05, 0.1) is 35.7 Å². The minimum atomic E-state index is -0.808. The number of ether oxygens (including phenoxy) is 1. The highest BCUT2D eigenvalue weighted by Gasteiger charge is 2.23. The first-order chi connectivity index (χ1) is 20.7. The van der Waals surface area contributed by atoms with Crippen LogP contribution >= 0.6 is 11.6 Å². The van der Waals surface area contributed by atoms with Crippen molar-refractivity contribution < 1.29 is 13.5 Å². The van der Waals surface area contributed by atoms with Crippen molar-refractivity contribution in [2.75, 3.05) is 26.4 Å². The van der Waals surface area contributed by atoms with E-state index in [-0.39, 0.29) is 29.0 Å². The number of aromatic amines is 1. The normalized spacial score (nSPS) is 17.7. The Morgan fingerprint density at radius 2 is 2.07 bits per heavy atom. The molecule has 4 aromatic rings. The quantitative estimate of drug-likeness (QED) is 0.122. The Morgan fingerprint density at radius 1 is 1.28 bits per heavy atom. The molecule has 3 atom stereocenters. The van der Waals surface area contributed by atoms with Gasteiger partial charge in [0.25, 0.3) is 0 Å². The molecule has 0 saturated carbocycles. The number of rotatable bonds is 11. The molecule has 6 N–H and O–H groups in total. The van der Waals surface area contributed by atoms with Crippen LogP contribution in [0.25, 0.3) is 28.0 Å². The van der Waals surface area contributed by atoms with Crippen LogP contribution in [0.2, 0.25) is 5.02 Å². The van der Waals surface area contributed by atoms with E-state index in [0.717, 1.165) is 30.4 Å². The molecule has 228 valence electrons. The van der Waals surface area contributed by atoms with Crippen molar-refractivity contribution in [3.8, 4) is 16.9 Å². The average Bonchev–Trinajstić information content (AvgIpc) is 3.41. The summed E-state index contributed by atoms with van der Waals surface area (Å²) in [6.07, 6.45) is 4.81. The van der Waals surface area contributed by atoms with Crippen LogP contribution in [-0.2, 0) is 11.2 Å². The molecule has 43 heavy (non-hydrogen) atoms. The van der Waals surface area contributed by atoms with Crippen molar-refractivity contribution in [1.29, 1.82) is 5.41 Å². The lowest BCUT2D eigenvalue weighted by Crippen LogP contribution is -2.45. The topological polar surface area (TPSA) is 134 Å². The van der Waals surface area contributed by atoms with Crippen molar-refractivity contribution in [1.82, 2.24) is 25.2 Å². The number of benzene rings is 2. The van der Waals surface area contributed by atoms with Gasteiger partial charge in [-0.05, 0) is 74.1 Å². The van der Waals surface area contributed by atoms with Gasteiger partial charge in [-0.15, -0.1) is 0 Å². The number of nitrogens with two attached hydrogens (primary N) is 1. The van der Waals surface area contributed by atoms with Gasteiger partial charge in [0.1, 0.15) is 18.2 Å². The summed E-state index contributed by atoms with van der Waals surface area (Å²) in [6, 6.07) is 12.8. The van der Waals surface area contributed by atoms with Gasteiger partial charge in [0.2, 0.25) is 0 Å². The van der Waals surface area contributed by atoms with Gasteiger partial charge < -0.3 is 26.1 Å². The molecular formula is C31H36ClF2N7O2. The molecule has 0 aliphatic carbocycles. The summed E-state index contributed by atoms with van der Waals surface area (Å²) in [5.41, 5.74) is 9.10. The smallest absolute Gasteiger partial charge is 0.354 e. The highest BCUT2D eigenvalue weighted by molar-refractivity contribution is 6.31. The highest BCUT2D eigenvalue weighted by atomic mass is 35.5. The maximum Gasteiger partial charge on any atom is 0.354 e. The molecule has 1 fully saturated rings. The van der Waals surface area contributed by atoms with Gasteiger partial charge in [0.15, 0.2) is 5.82 Å². The van der Waals surface area contributed by atoms with E-state index in [1.807, 2.05) is 31.2 Å². The van der Waals surface area contributed by atoms with Crippen LogP contribution in [0.15, 0.2) is 53.5 Å². The summed E-state index contributed by atoms with van der Waals surface area (Å²) < 4.78 is 34.8. The van der Waals surface area contributed by atoms with Crippen molar-refractivity contribution in [3.05, 3.63) is 81.1 Å². The molecule has 1 saturated heterocycles. The number of nitrogens with one attached hydrogen (secondary N) is 4. The van der Waals surface area contributed by atoms with E-state index < -0.39 is 18.2 Å². The Hall–Kier alpha value is -3.64. The first-order valence-electron chi connectivity index (χ1n) is 14.4. The molecule has 5 rings (SSSR count). The van der Waals surface area contributed by atoms with Crippen molar-refractivity contribution in [2.45, 2.75) is 50.7 Å². The predicted molar refractivity (Wildman–Crippen MR) is 165 cm³/mol. The van der Waals surface area contributed by atoms with Gasteiger partial charge in [0, 0.05) is 35.8 Å². The Bertz CT molecular complexity index is 1640. The van der Waals surface area contributed by atoms with Crippen LogP contribution in [0.5, 0.6) is 0 Å². The lowest BCUT2D eigenvalue weighted by Gasteiger charge is -2.31. The molecular weight excluding hydrogens is 576 g/mol. The lowest BCUT2D eigenvalue weighted by atomic mass is 10.0. The van der Waals surface area contributed by atoms with Crippen LogP contribution in [0, 0.1) is 11.2 Å². The third-order valence-corrected chi connectivity index (χ3v) is 7.87. The first kappa shape index (κ1) is 30.8. The van der Waals surface area contributed by atoms with Crippen LogP contribution in [0.4, 0.5) is 8.78 Å². The molecule has 0 radical (unpaired) electrons. The first-order valence-corrected chi connectivity index (χ1v) is 14.8.